The molecule has 9 nitrogen and oxygen atoms in total. The summed E-state index contributed by atoms with van der Waals surface area (Å²) in [5.74, 6) is -0.243. The second kappa shape index (κ2) is 12.9. The van der Waals surface area contributed by atoms with Crippen LogP contribution < -0.4 is 16.0 Å². The van der Waals surface area contributed by atoms with E-state index in [1.807, 2.05) is 0 Å². The SMILES string of the molecule is NC1CCCCC1.NC1CCCCC1.O=[N+]([O-])c1cccc(OP(=O)(O)O)c1. The van der Waals surface area contributed by atoms with Crippen molar-refractivity contribution in [1.29, 1.82) is 0 Å². The van der Waals surface area contributed by atoms with Crippen LogP contribution in [0.1, 0.15) is 64.2 Å². The molecule has 0 atom stereocenters. The molecule has 2 aliphatic rings. The van der Waals surface area contributed by atoms with E-state index < -0.39 is 12.7 Å². The number of nitro groups is 1. The lowest BCUT2D eigenvalue weighted by Gasteiger charge is -2.15. The minimum Gasteiger partial charge on any atom is -0.404 e. The molecule has 10 heteroatoms. The summed E-state index contributed by atoms with van der Waals surface area (Å²) in [6.07, 6.45) is 13.3. The molecule has 0 unspecified atom stereocenters. The van der Waals surface area contributed by atoms with E-state index >= 15 is 0 Å². The first kappa shape index (κ1) is 24.5. The third kappa shape index (κ3) is 12.0. The molecule has 1 aromatic carbocycles. The largest absolute Gasteiger partial charge is 0.524 e. The molecule has 0 saturated heterocycles. The van der Waals surface area contributed by atoms with Crippen molar-refractivity contribution in [2.24, 2.45) is 11.5 Å². The Hall–Kier alpha value is -1.51. The molecule has 2 aliphatic carbocycles. The second-order valence-electron chi connectivity index (χ2n) is 7.13. The van der Waals surface area contributed by atoms with Gasteiger partial charge in [-0.15, -0.1) is 0 Å². The van der Waals surface area contributed by atoms with Crippen LogP contribution in [0.3, 0.4) is 0 Å². The first-order valence-electron chi connectivity index (χ1n) is 9.68. The van der Waals surface area contributed by atoms with Crippen molar-refractivity contribution in [3.8, 4) is 5.75 Å². The first-order valence-corrected chi connectivity index (χ1v) is 11.2. The third-order valence-electron chi connectivity index (χ3n) is 4.55. The number of non-ortho nitro benzene ring substituents is 1. The Balaban J connectivity index is 0.000000233. The second-order valence-corrected chi connectivity index (χ2v) is 8.30. The maximum Gasteiger partial charge on any atom is 0.524 e. The molecular weight excluding hydrogens is 385 g/mol. The lowest BCUT2D eigenvalue weighted by molar-refractivity contribution is -0.384. The molecule has 2 fully saturated rings. The average Bonchev–Trinajstić information content (AvgIpc) is 2.63. The van der Waals surface area contributed by atoms with Crippen molar-refractivity contribution < 1.29 is 23.8 Å². The summed E-state index contributed by atoms with van der Waals surface area (Å²) in [5, 5.41) is 10.3. The van der Waals surface area contributed by atoms with Crippen LogP contribution in [-0.4, -0.2) is 26.8 Å². The van der Waals surface area contributed by atoms with Crippen LogP contribution in [0.4, 0.5) is 5.69 Å². The first-order chi connectivity index (χ1) is 13.2. The number of phosphoric acid groups is 1. The Morgan fingerprint density at radius 3 is 1.75 bits per heavy atom. The molecule has 0 amide bonds. The molecule has 28 heavy (non-hydrogen) atoms. The van der Waals surface area contributed by atoms with Gasteiger partial charge >= 0.3 is 7.82 Å². The quantitative estimate of drug-likeness (QED) is 0.329. The van der Waals surface area contributed by atoms with Gasteiger partial charge in [-0.2, -0.15) is 0 Å². The van der Waals surface area contributed by atoms with Gasteiger partial charge < -0.3 is 16.0 Å². The van der Waals surface area contributed by atoms with Gasteiger partial charge in [0.1, 0.15) is 5.75 Å². The zero-order valence-electron chi connectivity index (χ0n) is 16.1. The van der Waals surface area contributed by atoms with Gasteiger partial charge in [-0.1, -0.05) is 44.6 Å². The summed E-state index contributed by atoms with van der Waals surface area (Å²) in [5.41, 5.74) is 11.0. The molecule has 0 radical (unpaired) electrons. The normalized spacial score (nSPS) is 18.1. The lowest BCUT2D eigenvalue weighted by atomic mass is 9.97. The van der Waals surface area contributed by atoms with Crippen LogP contribution in [0.5, 0.6) is 5.75 Å². The highest BCUT2D eigenvalue weighted by Gasteiger charge is 2.17. The Morgan fingerprint density at radius 2 is 1.43 bits per heavy atom. The predicted molar refractivity (Wildman–Crippen MR) is 108 cm³/mol. The van der Waals surface area contributed by atoms with E-state index in [1.54, 1.807) is 0 Å². The number of phosphoric ester groups is 1. The maximum atomic E-state index is 10.4. The van der Waals surface area contributed by atoms with Crippen LogP contribution in [-0.2, 0) is 4.57 Å². The average molecular weight is 417 g/mol. The number of benzene rings is 1. The van der Waals surface area contributed by atoms with Gasteiger partial charge in [-0.05, 0) is 31.7 Å². The van der Waals surface area contributed by atoms with Gasteiger partial charge in [0.15, 0.2) is 0 Å². The Kier molecular flexibility index (Phi) is 11.3. The highest BCUT2D eigenvalue weighted by Crippen LogP contribution is 2.38. The lowest BCUT2D eigenvalue weighted by Crippen LogP contribution is -2.22. The molecule has 160 valence electrons. The van der Waals surface area contributed by atoms with Crippen molar-refractivity contribution in [3.63, 3.8) is 0 Å². The number of nitro benzene ring substituents is 1. The summed E-state index contributed by atoms with van der Waals surface area (Å²) < 4.78 is 14.5. The molecular formula is C18H32N3O6P. The molecule has 0 spiro atoms. The molecule has 0 aliphatic heterocycles. The van der Waals surface area contributed by atoms with E-state index in [1.165, 1.54) is 82.4 Å². The minimum atomic E-state index is -4.66. The standard InChI is InChI=1S/C6H6NO6P.2C6H13N/c8-7(9)5-2-1-3-6(4-5)13-14(10,11)12;2*7-6-4-2-1-3-5-6/h1-4H,(H2,10,11,12);2*6H,1-5,7H2. The maximum absolute atomic E-state index is 10.4. The van der Waals surface area contributed by atoms with E-state index in [4.69, 9.17) is 21.3 Å². The van der Waals surface area contributed by atoms with Crippen LogP contribution in [0.15, 0.2) is 24.3 Å². The summed E-state index contributed by atoms with van der Waals surface area (Å²) in [6, 6.07) is 5.67. The fourth-order valence-electron chi connectivity index (χ4n) is 3.06. The van der Waals surface area contributed by atoms with Crippen LogP contribution >= 0.6 is 7.82 Å². The van der Waals surface area contributed by atoms with E-state index in [0.29, 0.717) is 12.1 Å². The fraction of sp³-hybridized carbons (Fsp3) is 0.667. The number of hydrogen-bond donors (Lipinski definition) is 4. The van der Waals surface area contributed by atoms with E-state index in [-0.39, 0.29) is 11.4 Å². The zero-order chi connectivity index (χ0) is 21.0. The van der Waals surface area contributed by atoms with Crippen LogP contribution in [0.25, 0.3) is 0 Å². The van der Waals surface area contributed by atoms with Gasteiger partial charge in [0.2, 0.25) is 0 Å². The Bertz CT molecular complexity index is 612. The summed E-state index contributed by atoms with van der Waals surface area (Å²) >= 11 is 0. The molecule has 3 rings (SSSR count). The van der Waals surface area contributed by atoms with Gasteiger partial charge in [0.25, 0.3) is 5.69 Å². The Morgan fingerprint density at radius 1 is 0.964 bits per heavy atom. The minimum absolute atomic E-state index is 0.243. The van der Waals surface area contributed by atoms with Gasteiger partial charge in [0.05, 0.1) is 11.0 Å². The van der Waals surface area contributed by atoms with E-state index in [2.05, 4.69) is 4.52 Å². The molecule has 0 bridgehead atoms. The van der Waals surface area contributed by atoms with Crippen LogP contribution in [0.2, 0.25) is 0 Å². The summed E-state index contributed by atoms with van der Waals surface area (Å²) in [4.78, 5) is 26.4. The topological polar surface area (TPSA) is 162 Å². The number of nitrogens with two attached hydrogens (primary N) is 2. The van der Waals surface area contributed by atoms with Crippen molar-refractivity contribution >= 4 is 13.5 Å². The summed E-state index contributed by atoms with van der Waals surface area (Å²) in [6.45, 7) is 0. The number of rotatable bonds is 3. The summed E-state index contributed by atoms with van der Waals surface area (Å²) in [7, 11) is -4.66. The molecule has 0 aromatic heterocycles. The smallest absolute Gasteiger partial charge is 0.404 e. The van der Waals surface area contributed by atoms with Crippen LogP contribution in [0, 0.1) is 10.1 Å². The highest BCUT2D eigenvalue weighted by molar-refractivity contribution is 7.46. The van der Waals surface area contributed by atoms with Gasteiger partial charge in [-0.3, -0.25) is 19.9 Å². The third-order valence-corrected chi connectivity index (χ3v) is 5.00. The number of hydrogen-bond acceptors (Lipinski definition) is 6. The zero-order valence-corrected chi connectivity index (χ0v) is 17.0. The highest BCUT2D eigenvalue weighted by atomic mass is 31.2. The molecule has 1 aromatic rings. The predicted octanol–water partition coefficient (Wildman–Crippen LogP) is 3.62. The number of nitrogens with zero attached hydrogens (tertiary/aromatic N) is 1. The molecule has 0 heterocycles. The van der Waals surface area contributed by atoms with Gasteiger partial charge in [0, 0.05) is 18.2 Å². The molecule has 6 N–H and O–H groups in total. The molecule has 2 saturated carbocycles. The van der Waals surface area contributed by atoms with Crippen molar-refractivity contribution in [3.05, 3.63) is 34.4 Å². The monoisotopic (exact) mass is 417 g/mol. The van der Waals surface area contributed by atoms with Gasteiger partial charge in [-0.25, -0.2) is 4.57 Å². The van der Waals surface area contributed by atoms with Crippen molar-refractivity contribution in [1.82, 2.24) is 0 Å². The Labute approximate surface area is 165 Å². The van der Waals surface area contributed by atoms with E-state index in [0.717, 1.165) is 6.07 Å². The fourth-order valence-corrected chi connectivity index (χ4v) is 3.45. The van der Waals surface area contributed by atoms with Crippen molar-refractivity contribution in [2.75, 3.05) is 0 Å². The van der Waals surface area contributed by atoms with Crippen molar-refractivity contribution in [2.45, 2.75) is 76.3 Å². The van der Waals surface area contributed by atoms with E-state index in [9.17, 15) is 14.7 Å².